The Kier molecular flexibility index (Phi) is 5.89. The van der Waals surface area contributed by atoms with Crippen molar-refractivity contribution >= 4 is 28.9 Å². The lowest BCUT2D eigenvalue weighted by Gasteiger charge is -2.32. The van der Waals surface area contributed by atoms with E-state index < -0.39 is 32.2 Å². The number of carbonyl (C=O) groups is 1. The number of nitro groups is 2. The monoisotopic (exact) mass is 403 g/mol. The fourth-order valence-corrected chi connectivity index (χ4v) is 3.70. The van der Waals surface area contributed by atoms with E-state index in [9.17, 15) is 25.0 Å². The van der Waals surface area contributed by atoms with E-state index in [0.29, 0.717) is 19.0 Å². The average Bonchev–Trinajstić information content (AvgIpc) is 2.68. The maximum Gasteiger partial charge on any atom is 0.295 e. The highest BCUT2D eigenvalue weighted by Crippen LogP contribution is 2.35. The summed E-state index contributed by atoms with van der Waals surface area (Å²) in [6.07, 6.45) is 2.54. The van der Waals surface area contributed by atoms with Crippen LogP contribution in [0.25, 0.3) is 0 Å². The summed E-state index contributed by atoms with van der Waals surface area (Å²) in [7, 11) is 0. The van der Waals surface area contributed by atoms with Crippen molar-refractivity contribution in [1.82, 2.24) is 4.90 Å². The minimum Gasteiger partial charge on any atom is -0.339 e. The van der Waals surface area contributed by atoms with Crippen molar-refractivity contribution in [2.24, 2.45) is 5.92 Å². The molecule has 1 aliphatic rings. The molecule has 0 radical (unpaired) electrons. The molecule has 0 aromatic heterocycles. The molecule has 3 rings (SSSR count). The van der Waals surface area contributed by atoms with E-state index in [2.05, 4.69) is 12.1 Å². The van der Waals surface area contributed by atoms with Crippen molar-refractivity contribution in [2.45, 2.75) is 19.3 Å². The zero-order valence-corrected chi connectivity index (χ0v) is 15.7. The van der Waals surface area contributed by atoms with Gasteiger partial charge in [0.05, 0.1) is 15.4 Å². The van der Waals surface area contributed by atoms with Crippen molar-refractivity contribution in [3.63, 3.8) is 0 Å². The first kappa shape index (κ1) is 19.8. The molecule has 9 heteroatoms. The lowest BCUT2D eigenvalue weighted by atomic mass is 9.90. The molecule has 0 saturated carbocycles. The van der Waals surface area contributed by atoms with Crippen LogP contribution in [0.15, 0.2) is 42.5 Å². The maximum atomic E-state index is 12.8. The normalized spacial score (nSPS) is 14.7. The van der Waals surface area contributed by atoms with Gasteiger partial charge in [0.25, 0.3) is 17.3 Å². The molecule has 28 heavy (non-hydrogen) atoms. The summed E-state index contributed by atoms with van der Waals surface area (Å²) in [4.78, 5) is 35.0. The second-order valence-electron chi connectivity index (χ2n) is 6.77. The molecule has 0 unspecified atom stereocenters. The van der Waals surface area contributed by atoms with Crippen LogP contribution in [0.3, 0.4) is 0 Å². The van der Waals surface area contributed by atoms with Crippen molar-refractivity contribution in [1.29, 1.82) is 0 Å². The van der Waals surface area contributed by atoms with Gasteiger partial charge in [-0.15, -0.1) is 0 Å². The standard InChI is InChI=1S/C19H18ClN3O5/c20-18-16(22(25)26)11-15(12-17(18)23(27)28)19(24)21-8-6-14(7-9-21)10-13-4-2-1-3-5-13/h1-5,11-12,14H,6-10H2. The summed E-state index contributed by atoms with van der Waals surface area (Å²) in [5, 5.41) is 21.7. The van der Waals surface area contributed by atoms with Crippen molar-refractivity contribution in [2.75, 3.05) is 13.1 Å². The predicted molar refractivity (Wildman–Crippen MR) is 104 cm³/mol. The third kappa shape index (κ3) is 4.28. The van der Waals surface area contributed by atoms with Crippen LogP contribution >= 0.6 is 11.6 Å². The Morgan fingerprint density at radius 1 is 1.04 bits per heavy atom. The number of hydrogen-bond acceptors (Lipinski definition) is 5. The first-order valence-corrected chi connectivity index (χ1v) is 9.20. The number of nitrogens with zero attached hydrogens (tertiary/aromatic N) is 3. The van der Waals surface area contributed by atoms with Gasteiger partial charge in [-0.05, 0) is 30.7 Å². The number of hydrogen-bond donors (Lipinski definition) is 0. The van der Waals surface area contributed by atoms with Crippen LogP contribution in [0.1, 0.15) is 28.8 Å². The Morgan fingerprint density at radius 3 is 2.07 bits per heavy atom. The molecule has 0 N–H and O–H groups in total. The molecule has 1 heterocycles. The molecule has 0 bridgehead atoms. The molecule has 1 amide bonds. The minimum absolute atomic E-state index is 0.0932. The van der Waals surface area contributed by atoms with Crippen molar-refractivity contribution in [3.05, 3.63) is 78.8 Å². The summed E-state index contributed by atoms with van der Waals surface area (Å²) < 4.78 is 0. The fourth-order valence-electron chi connectivity index (χ4n) is 3.45. The number of amides is 1. The third-order valence-corrected chi connectivity index (χ3v) is 5.33. The number of benzene rings is 2. The second kappa shape index (κ2) is 8.35. The van der Waals surface area contributed by atoms with E-state index in [4.69, 9.17) is 11.6 Å². The molecule has 146 valence electrons. The quantitative estimate of drug-likeness (QED) is 0.547. The van der Waals surface area contributed by atoms with E-state index in [1.54, 1.807) is 4.90 Å². The van der Waals surface area contributed by atoms with Crippen LogP contribution < -0.4 is 0 Å². The van der Waals surface area contributed by atoms with E-state index in [1.807, 2.05) is 18.2 Å². The number of likely N-dealkylation sites (tertiary alicyclic amines) is 1. The van der Waals surface area contributed by atoms with Gasteiger partial charge in [-0.25, -0.2) is 0 Å². The van der Waals surface area contributed by atoms with Crippen LogP contribution in [0, 0.1) is 26.1 Å². The molecule has 0 aliphatic carbocycles. The third-order valence-electron chi connectivity index (χ3n) is 4.94. The van der Waals surface area contributed by atoms with Gasteiger partial charge in [0.15, 0.2) is 5.02 Å². The minimum atomic E-state index is -0.821. The maximum absolute atomic E-state index is 12.8. The second-order valence-corrected chi connectivity index (χ2v) is 7.15. The van der Waals surface area contributed by atoms with Crippen LogP contribution in [0.5, 0.6) is 0 Å². The zero-order chi connectivity index (χ0) is 20.3. The van der Waals surface area contributed by atoms with E-state index >= 15 is 0 Å². The van der Waals surface area contributed by atoms with Gasteiger partial charge < -0.3 is 4.90 Å². The summed E-state index contributed by atoms with van der Waals surface area (Å²) >= 11 is 5.75. The average molecular weight is 404 g/mol. The molecular weight excluding hydrogens is 386 g/mol. The van der Waals surface area contributed by atoms with Gasteiger partial charge in [0.1, 0.15) is 0 Å². The fraction of sp³-hybridized carbons (Fsp3) is 0.316. The molecule has 1 fully saturated rings. The van der Waals surface area contributed by atoms with Gasteiger partial charge in [0, 0.05) is 25.2 Å². The van der Waals surface area contributed by atoms with Gasteiger partial charge in [-0.2, -0.15) is 0 Å². The lowest BCUT2D eigenvalue weighted by molar-refractivity contribution is -0.393. The Hall–Kier alpha value is -3.00. The molecule has 1 aliphatic heterocycles. The summed E-state index contributed by atoms with van der Waals surface area (Å²) in [5.74, 6) is -0.0126. The highest BCUT2D eigenvalue weighted by atomic mass is 35.5. The van der Waals surface area contributed by atoms with Crippen LogP contribution in [-0.4, -0.2) is 33.7 Å². The topological polar surface area (TPSA) is 107 Å². The number of nitro benzene ring substituents is 2. The highest BCUT2D eigenvalue weighted by molar-refractivity contribution is 6.35. The van der Waals surface area contributed by atoms with Gasteiger partial charge >= 0.3 is 0 Å². The Labute approximate surface area is 166 Å². The predicted octanol–water partition coefficient (Wildman–Crippen LogP) is 4.25. The number of carbonyl (C=O) groups excluding carboxylic acids is 1. The largest absolute Gasteiger partial charge is 0.339 e. The number of halogens is 1. The Morgan fingerprint density at radius 2 is 1.57 bits per heavy atom. The highest BCUT2D eigenvalue weighted by Gasteiger charge is 2.30. The lowest BCUT2D eigenvalue weighted by Crippen LogP contribution is -2.39. The van der Waals surface area contributed by atoms with Crippen molar-refractivity contribution < 1.29 is 14.6 Å². The summed E-state index contributed by atoms with van der Waals surface area (Å²) in [6, 6.07) is 12.1. The smallest absolute Gasteiger partial charge is 0.295 e. The van der Waals surface area contributed by atoms with Gasteiger partial charge in [0.2, 0.25) is 0 Å². The van der Waals surface area contributed by atoms with Crippen LogP contribution in [0.2, 0.25) is 5.02 Å². The number of rotatable bonds is 5. The molecule has 0 spiro atoms. The summed E-state index contributed by atoms with van der Waals surface area (Å²) in [5.41, 5.74) is -0.128. The zero-order valence-electron chi connectivity index (χ0n) is 14.9. The summed E-state index contributed by atoms with van der Waals surface area (Å²) in [6.45, 7) is 1.00. The molecule has 2 aromatic carbocycles. The molecule has 8 nitrogen and oxygen atoms in total. The Bertz CT molecular complexity index is 876. The molecule has 0 atom stereocenters. The van der Waals surface area contributed by atoms with Gasteiger partial charge in [-0.1, -0.05) is 41.9 Å². The first-order valence-electron chi connectivity index (χ1n) is 8.82. The SMILES string of the molecule is O=C(c1cc([N+](=O)[O-])c(Cl)c([N+](=O)[O-])c1)N1CCC(Cc2ccccc2)CC1. The first-order chi connectivity index (χ1) is 13.4. The molecular formula is C19H18ClN3O5. The van der Waals surface area contributed by atoms with E-state index in [-0.39, 0.29) is 5.56 Å². The van der Waals surface area contributed by atoms with E-state index in [1.165, 1.54) is 5.56 Å². The van der Waals surface area contributed by atoms with Crippen molar-refractivity contribution in [3.8, 4) is 0 Å². The number of piperidine rings is 1. The van der Waals surface area contributed by atoms with E-state index in [0.717, 1.165) is 31.4 Å². The molecule has 2 aromatic rings. The Balaban J connectivity index is 1.73. The van der Waals surface area contributed by atoms with Crippen LogP contribution in [0.4, 0.5) is 11.4 Å². The molecule has 1 saturated heterocycles. The van der Waals surface area contributed by atoms with Gasteiger partial charge in [-0.3, -0.25) is 25.0 Å². The van der Waals surface area contributed by atoms with Crippen LogP contribution in [-0.2, 0) is 6.42 Å².